The molecule has 1 aromatic carbocycles. The lowest BCUT2D eigenvalue weighted by Crippen LogP contribution is -2.30. The first kappa shape index (κ1) is 23.4. The summed E-state index contributed by atoms with van der Waals surface area (Å²) in [6.45, 7) is 8.72. The number of carbonyl (C=O) groups is 1. The van der Waals surface area contributed by atoms with E-state index in [1.54, 1.807) is 18.9 Å². The second-order valence-corrected chi connectivity index (χ2v) is 8.50. The normalized spacial score (nSPS) is 11.1. The van der Waals surface area contributed by atoms with Gasteiger partial charge in [-0.25, -0.2) is 9.67 Å². The van der Waals surface area contributed by atoms with Gasteiger partial charge in [-0.15, -0.1) is 0 Å². The van der Waals surface area contributed by atoms with Crippen LogP contribution in [0.25, 0.3) is 16.9 Å². The van der Waals surface area contributed by atoms with E-state index in [1.165, 1.54) is 0 Å². The summed E-state index contributed by atoms with van der Waals surface area (Å²) in [5.74, 6) is 2.05. The first-order valence-electron chi connectivity index (χ1n) is 11.3. The van der Waals surface area contributed by atoms with Crippen molar-refractivity contribution in [2.24, 2.45) is 0 Å². The number of aryl methyl sites for hydroxylation is 4. The molecule has 0 radical (unpaired) electrons. The molecule has 0 aliphatic rings. The Morgan fingerprint density at radius 1 is 0.971 bits per heavy atom. The molecule has 3 aromatic heterocycles. The van der Waals surface area contributed by atoms with Crippen molar-refractivity contribution in [3.05, 3.63) is 64.6 Å². The maximum Gasteiger partial charge on any atom is 0.241 e. The molecule has 8 nitrogen and oxygen atoms in total. The molecule has 0 saturated carbocycles. The van der Waals surface area contributed by atoms with Gasteiger partial charge in [-0.2, -0.15) is 5.10 Å². The molecule has 178 valence electrons. The van der Waals surface area contributed by atoms with Gasteiger partial charge < -0.3 is 19.4 Å². The van der Waals surface area contributed by atoms with E-state index in [9.17, 15) is 4.79 Å². The van der Waals surface area contributed by atoms with Gasteiger partial charge in [0.05, 0.1) is 19.6 Å². The van der Waals surface area contributed by atoms with Crippen LogP contribution < -0.4 is 14.8 Å². The van der Waals surface area contributed by atoms with E-state index in [2.05, 4.69) is 48.9 Å². The van der Waals surface area contributed by atoms with Crippen molar-refractivity contribution >= 4 is 16.9 Å². The van der Waals surface area contributed by atoms with Gasteiger partial charge in [0.15, 0.2) is 23.0 Å². The Balaban J connectivity index is 1.54. The Kier molecular flexibility index (Phi) is 6.58. The van der Waals surface area contributed by atoms with Crippen LogP contribution in [0.15, 0.2) is 36.4 Å². The van der Waals surface area contributed by atoms with E-state index in [0.29, 0.717) is 24.5 Å². The van der Waals surface area contributed by atoms with Gasteiger partial charge >= 0.3 is 0 Å². The first-order valence-corrected chi connectivity index (χ1v) is 11.3. The van der Waals surface area contributed by atoms with Crippen LogP contribution >= 0.6 is 0 Å². The molecule has 0 spiro atoms. The fraction of sp³-hybridized carbons (Fsp3) is 0.346. The highest BCUT2D eigenvalue weighted by atomic mass is 16.5. The van der Waals surface area contributed by atoms with Gasteiger partial charge in [-0.3, -0.25) is 4.79 Å². The summed E-state index contributed by atoms with van der Waals surface area (Å²) in [4.78, 5) is 17.5. The summed E-state index contributed by atoms with van der Waals surface area (Å²) in [5.41, 5.74) is 5.93. The molecule has 0 saturated heterocycles. The molecule has 0 fully saturated rings. The number of pyridine rings is 1. The molecule has 8 heteroatoms. The number of amides is 1. The number of carbonyl (C=O) groups excluding carboxylic acids is 1. The number of methoxy groups -OCH3 is 2. The van der Waals surface area contributed by atoms with Crippen LogP contribution in [-0.4, -0.2) is 46.0 Å². The minimum absolute atomic E-state index is 0.0949. The summed E-state index contributed by atoms with van der Waals surface area (Å²) in [6.07, 6.45) is 0.676. The van der Waals surface area contributed by atoms with Crippen LogP contribution in [0.2, 0.25) is 0 Å². The van der Waals surface area contributed by atoms with Gasteiger partial charge in [-0.05, 0) is 75.6 Å². The Morgan fingerprint density at radius 3 is 2.35 bits per heavy atom. The molecule has 4 rings (SSSR count). The smallest absolute Gasteiger partial charge is 0.241 e. The lowest BCUT2D eigenvalue weighted by atomic mass is 10.1. The van der Waals surface area contributed by atoms with Crippen molar-refractivity contribution in [3.63, 3.8) is 0 Å². The number of nitrogens with one attached hydrogen (secondary N) is 1. The molecule has 3 heterocycles. The molecule has 0 aliphatic heterocycles. The van der Waals surface area contributed by atoms with Crippen LogP contribution in [0.1, 0.15) is 28.2 Å². The molecule has 34 heavy (non-hydrogen) atoms. The van der Waals surface area contributed by atoms with E-state index in [-0.39, 0.29) is 12.5 Å². The van der Waals surface area contributed by atoms with Crippen LogP contribution in [0.5, 0.6) is 11.5 Å². The third-order valence-electron chi connectivity index (χ3n) is 5.97. The van der Waals surface area contributed by atoms with E-state index in [1.807, 2.05) is 25.1 Å². The van der Waals surface area contributed by atoms with E-state index in [0.717, 1.165) is 45.1 Å². The van der Waals surface area contributed by atoms with Crippen molar-refractivity contribution in [1.82, 2.24) is 24.6 Å². The van der Waals surface area contributed by atoms with Crippen LogP contribution in [0.4, 0.5) is 0 Å². The van der Waals surface area contributed by atoms with Crippen LogP contribution in [-0.2, 0) is 17.8 Å². The van der Waals surface area contributed by atoms with Crippen LogP contribution in [0, 0.1) is 27.7 Å². The third kappa shape index (κ3) is 4.48. The van der Waals surface area contributed by atoms with Gasteiger partial charge in [0, 0.05) is 23.6 Å². The lowest BCUT2D eigenvalue weighted by Gasteiger charge is -2.10. The number of hydrogen-bond acceptors (Lipinski definition) is 5. The number of aromatic nitrogens is 4. The summed E-state index contributed by atoms with van der Waals surface area (Å²) >= 11 is 0. The predicted molar refractivity (Wildman–Crippen MR) is 132 cm³/mol. The maximum atomic E-state index is 12.8. The van der Waals surface area contributed by atoms with Crippen molar-refractivity contribution < 1.29 is 14.3 Å². The number of ether oxygens (including phenoxy) is 2. The van der Waals surface area contributed by atoms with Crippen molar-refractivity contribution in [3.8, 4) is 17.3 Å². The zero-order valence-corrected chi connectivity index (χ0v) is 20.6. The summed E-state index contributed by atoms with van der Waals surface area (Å²) in [5, 5.41) is 8.79. The minimum atomic E-state index is -0.113. The van der Waals surface area contributed by atoms with Crippen molar-refractivity contribution in [2.45, 2.75) is 40.7 Å². The second-order valence-electron chi connectivity index (χ2n) is 8.50. The summed E-state index contributed by atoms with van der Waals surface area (Å²) < 4.78 is 14.5. The average molecular weight is 462 g/mol. The van der Waals surface area contributed by atoms with Crippen molar-refractivity contribution in [1.29, 1.82) is 0 Å². The van der Waals surface area contributed by atoms with E-state index >= 15 is 0 Å². The van der Waals surface area contributed by atoms with E-state index < -0.39 is 0 Å². The zero-order chi connectivity index (χ0) is 24.4. The minimum Gasteiger partial charge on any atom is -0.493 e. The topological polar surface area (TPSA) is 83.2 Å². The number of rotatable bonds is 8. The quantitative estimate of drug-likeness (QED) is 0.431. The number of benzene rings is 1. The van der Waals surface area contributed by atoms with Gasteiger partial charge in [0.2, 0.25) is 5.91 Å². The average Bonchev–Trinajstić information content (AvgIpc) is 3.32. The molecule has 1 N–H and O–H groups in total. The predicted octanol–water partition coefficient (Wildman–Crippen LogP) is 3.83. The Hall–Kier alpha value is -3.81. The highest BCUT2D eigenvalue weighted by Crippen LogP contribution is 2.28. The molecular weight excluding hydrogens is 430 g/mol. The molecule has 4 aromatic rings. The molecule has 0 atom stereocenters. The van der Waals surface area contributed by atoms with Gasteiger partial charge in [-0.1, -0.05) is 6.07 Å². The maximum absolute atomic E-state index is 12.8. The third-order valence-corrected chi connectivity index (χ3v) is 5.97. The SMILES string of the molecule is COc1ccc(CCNC(=O)Cn2nc(-n3c(C)ccc3C)c3c(C)cc(C)nc32)cc1OC. The van der Waals surface area contributed by atoms with Crippen molar-refractivity contribution in [2.75, 3.05) is 20.8 Å². The van der Waals surface area contributed by atoms with Gasteiger partial charge in [0.25, 0.3) is 0 Å². The number of hydrogen-bond donors (Lipinski definition) is 1. The molecule has 0 bridgehead atoms. The highest BCUT2D eigenvalue weighted by molar-refractivity contribution is 5.88. The zero-order valence-electron chi connectivity index (χ0n) is 20.6. The molecule has 0 aliphatic carbocycles. The van der Waals surface area contributed by atoms with E-state index in [4.69, 9.17) is 19.6 Å². The first-order chi connectivity index (χ1) is 16.3. The Bertz CT molecular complexity index is 1330. The molecule has 0 unspecified atom stereocenters. The van der Waals surface area contributed by atoms with Gasteiger partial charge in [0.1, 0.15) is 6.54 Å². The Labute approximate surface area is 199 Å². The fourth-order valence-corrected chi connectivity index (χ4v) is 4.34. The monoisotopic (exact) mass is 461 g/mol. The summed E-state index contributed by atoms with van der Waals surface area (Å²) in [7, 11) is 3.22. The molecular formula is C26H31N5O3. The largest absolute Gasteiger partial charge is 0.493 e. The molecule has 1 amide bonds. The summed E-state index contributed by atoms with van der Waals surface area (Å²) in [6, 6.07) is 12.0. The van der Waals surface area contributed by atoms with Crippen LogP contribution in [0.3, 0.4) is 0 Å². The Morgan fingerprint density at radius 2 is 1.68 bits per heavy atom. The second kappa shape index (κ2) is 9.59. The number of nitrogens with zero attached hydrogens (tertiary/aromatic N) is 4. The fourth-order valence-electron chi connectivity index (χ4n) is 4.34. The lowest BCUT2D eigenvalue weighted by molar-refractivity contribution is -0.121. The number of fused-ring (bicyclic) bond motifs is 1. The standard InChI is InChI=1S/C26H31N5O3/c1-16-13-17(2)28-25-24(16)26(31-18(3)7-8-19(31)4)29-30(25)15-23(32)27-12-11-20-9-10-21(33-5)22(14-20)34-6/h7-10,13-14H,11-12,15H2,1-6H3,(H,27,32). The highest BCUT2D eigenvalue weighted by Gasteiger charge is 2.20.